The Labute approximate surface area is 155 Å². The highest BCUT2D eigenvalue weighted by molar-refractivity contribution is 6.30. The Morgan fingerprint density at radius 2 is 1.88 bits per heavy atom. The van der Waals surface area contributed by atoms with Crippen molar-refractivity contribution in [2.24, 2.45) is 0 Å². The zero-order valence-electron chi connectivity index (χ0n) is 14.1. The second-order valence-corrected chi connectivity index (χ2v) is 5.90. The van der Waals surface area contributed by atoms with Gasteiger partial charge in [-0.05, 0) is 43.4 Å². The molecule has 2 rings (SSSR count). The SMILES string of the molecule is CN(CCOc1ccc(Cl)cc1)CC(=O)Nc1ccccc1OC(F)F. The number of ether oxygens (including phenoxy) is 2. The lowest BCUT2D eigenvalue weighted by atomic mass is 10.3. The van der Waals surface area contributed by atoms with E-state index in [4.69, 9.17) is 16.3 Å². The van der Waals surface area contributed by atoms with Gasteiger partial charge in [0.2, 0.25) is 5.91 Å². The average molecular weight is 385 g/mol. The molecule has 1 N–H and O–H groups in total. The van der Waals surface area contributed by atoms with Gasteiger partial charge in [-0.15, -0.1) is 0 Å². The molecule has 5 nitrogen and oxygen atoms in total. The number of likely N-dealkylation sites (N-methyl/N-ethyl adjacent to an activating group) is 1. The molecule has 0 unspecified atom stereocenters. The number of nitrogens with zero attached hydrogens (tertiary/aromatic N) is 1. The van der Waals surface area contributed by atoms with E-state index in [1.807, 2.05) is 0 Å². The number of anilines is 1. The number of rotatable bonds is 9. The van der Waals surface area contributed by atoms with Crippen LogP contribution in [-0.2, 0) is 4.79 Å². The predicted octanol–water partition coefficient (Wildman–Crippen LogP) is 3.89. The fourth-order valence-corrected chi connectivity index (χ4v) is 2.26. The first kappa shape index (κ1) is 19.9. The molecule has 0 aliphatic carbocycles. The number of carbonyl (C=O) groups is 1. The van der Waals surface area contributed by atoms with Crippen molar-refractivity contribution in [3.63, 3.8) is 0 Å². The van der Waals surface area contributed by atoms with E-state index in [2.05, 4.69) is 10.1 Å². The van der Waals surface area contributed by atoms with Crippen molar-refractivity contribution in [3.8, 4) is 11.5 Å². The molecule has 0 spiro atoms. The Morgan fingerprint density at radius 3 is 2.58 bits per heavy atom. The first-order valence-corrected chi connectivity index (χ1v) is 8.22. The van der Waals surface area contributed by atoms with Crippen LogP contribution in [0.25, 0.3) is 0 Å². The third kappa shape index (κ3) is 6.85. The molecule has 0 fully saturated rings. The summed E-state index contributed by atoms with van der Waals surface area (Å²) in [4.78, 5) is 13.8. The van der Waals surface area contributed by atoms with Crippen LogP contribution in [-0.4, -0.2) is 44.2 Å². The summed E-state index contributed by atoms with van der Waals surface area (Å²) >= 11 is 5.80. The first-order valence-electron chi connectivity index (χ1n) is 7.84. The van der Waals surface area contributed by atoms with Crippen molar-refractivity contribution in [2.75, 3.05) is 32.1 Å². The third-order valence-corrected chi connectivity index (χ3v) is 3.60. The Kier molecular flexibility index (Phi) is 7.62. The van der Waals surface area contributed by atoms with Gasteiger partial charge in [-0.25, -0.2) is 0 Å². The maximum atomic E-state index is 12.4. The molecule has 2 aromatic rings. The van der Waals surface area contributed by atoms with Crippen LogP contribution in [0.2, 0.25) is 5.02 Å². The van der Waals surface area contributed by atoms with E-state index in [1.54, 1.807) is 48.3 Å². The maximum Gasteiger partial charge on any atom is 0.387 e. The highest BCUT2D eigenvalue weighted by Crippen LogP contribution is 2.25. The van der Waals surface area contributed by atoms with Crippen molar-refractivity contribution in [1.82, 2.24) is 4.90 Å². The van der Waals surface area contributed by atoms with Crippen molar-refractivity contribution >= 4 is 23.2 Å². The van der Waals surface area contributed by atoms with Gasteiger partial charge in [0.15, 0.2) is 0 Å². The molecule has 2 aromatic carbocycles. The van der Waals surface area contributed by atoms with E-state index < -0.39 is 6.61 Å². The molecule has 0 saturated heterocycles. The minimum Gasteiger partial charge on any atom is -0.492 e. The van der Waals surface area contributed by atoms with Crippen molar-refractivity contribution in [3.05, 3.63) is 53.6 Å². The molecule has 26 heavy (non-hydrogen) atoms. The predicted molar refractivity (Wildman–Crippen MR) is 96.1 cm³/mol. The number of carbonyl (C=O) groups excluding carboxylic acids is 1. The van der Waals surface area contributed by atoms with E-state index in [0.29, 0.717) is 23.9 Å². The van der Waals surface area contributed by atoms with Gasteiger partial charge in [-0.3, -0.25) is 9.69 Å². The number of hydrogen-bond donors (Lipinski definition) is 1. The maximum absolute atomic E-state index is 12.4. The van der Waals surface area contributed by atoms with Crippen LogP contribution in [0.1, 0.15) is 0 Å². The minimum atomic E-state index is -2.96. The molecule has 0 heterocycles. The molecular weight excluding hydrogens is 366 g/mol. The normalized spacial score (nSPS) is 10.8. The quantitative estimate of drug-likeness (QED) is 0.712. The molecule has 1 amide bonds. The number of halogens is 3. The van der Waals surface area contributed by atoms with Crippen LogP contribution < -0.4 is 14.8 Å². The van der Waals surface area contributed by atoms with E-state index in [0.717, 1.165) is 0 Å². The fraction of sp³-hybridized carbons (Fsp3) is 0.278. The average Bonchev–Trinajstić information content (AvgIpc) is 2.58. The summed E-state index contributed by atoms with van der Waals surface area (Å²) < 4.78 is 34.7. The molecule has 0 aliphatic rings. The smallest absolute Gasteiger partial charge is 0.387 e. The van der Waals surface area contributed by atoms with Crippen LogP contribution in [0.15, 0.2) is 48.5 Å². The van der Waals surface area contributed by atoms with Gasteiger partial charge in [0.1, 0.15) is 18.1 Å². The summed E-state index contributed by atoms with van der Waals surface area (Å²) in [5.41, 5.74) is 0.198. The van der Waals surface area contributed by atoms with Gasteiger partial charge in [0.05, 0.1) is 12.2 Å². The Hall–Kier alpha value is -2.38. The summed E-state index contributed by atoms with van der Waals surface area (Å²) in [6, 6.07) is 13.0. The number of benzene rings is 2. The minimum absolute atomic E-state index is 0.0764. The lowest BCUT2D eigenvalue weighted by molar-refractivity contribution is -0.117. The number of hydrogen-bond acceptors (Lipinski definition) is 4. The molecule has 0 aliphatic heterocycles. The van der Waals surface area contributed by atoms with Crippen LogP contribution in [0.4, 0.5) is 14.5 Å². The van der Waals surface area contributed by atoms with E-state index in [-0.39, 0.29) is 23.9 Å². The summed E-state index contributed by atoms with van der Waals surface area (Å²) in [5, 5.41) is 3.19. The van der Waals surface area contributed by atoms with Crippen LogP contribution in [0.3, 0.4) is 0 Å². The van der Waals surface area contributed by atoms with E-state index >= 15 is 0 Å². The Morgan fingerprint density at radius 1 is 1.19 bits per heavy atom. The van der Waals surface area contributed by atoms with Crippen molar-refractivity contribution in [2.45, 2.75) is 6.61 Å². The summed E-state index contributed by atoms with van der Waals surface area (Å²) in [5.74, 6) is 0.263. The third-order valence-electron chi connectivity index (χ3n) is 3.35. The molecule has 0 radical (unpaired) electrons. The molecular formula is C18H19ClF2N2O3. The highest BCUT2D eigenvalue weighted by Gasteiger charge is 2.13. The first-order chi connectivity index (χ1) is 12.4. The molecule has 8 heteroatoms. The lowest BCUT2D eigenvalue weighted by Crippen LogP contribution is -2.33. The number of nitrogens with one attached hydrogen (secondary N) is 1. The van der Waals surface area contributed by atoms with Crippen LogP contribution in [0.5, 0.6) is 11.5 Å². The molecule has 0 aromatic heterocycles. The number of alkyl halides is 2. The lowest BCUT2D eigenvalue weighted by Gasteiger charge is -2.17. The summed E-state index contributed by atoms with van der Waals surface area (Å²) in [6.45, 7) is -1.99. The summed E-state index contributed by atoms with van der Waals surface area (Å²) in [7, 11) is 1.76. The van der Waals surface area contributed by atoms with Gasteiger partial charge in [-0.1, -0.05) is 23.7 Å². The van der Waals surface area contributed by atoms with Crippen molar-refractivity contribution < 1.29 is 23.0 Å². The zero-order chi connectivity index (χ0) is 18.9. The van der Waals surface area contributed by atoms with E-state index in [1.165, 1.54) is 12.1 Å². The molecule has 140 valence electrons. The van der Waals surface area contributed by atoms with Gasteiger partial charge in [-0.2, -0.15) is 8.78 Å². The van der Waals surface area contributed by atoms with Gasteiger partial charge >= 0.3 is 6.61 Å². The zero-order valence-corrected chi connectivity index (χ0v) is 14.9. The second-order valence-electron chi connectivity index (χ2n) is 5.46. The standard InChI is InChI=1S/C18H19ClF2N2O3/c1-23(10-11-25-14-8-6-13(19)7-9-14)12-17(24)22-15-4-2-3-5-16(15)26-18(20)21/h2-9,18H,10-12H2,1H3,(H,22,24). The van der Waals surface area contributed by atoms with Crippen molar-refractivity contribution in [1.29, 1.82) is 0 Å². The topological polar surface area (TPSA) is 50.8 Å². The van der Waals surface area contributed by atoms with Crippen LogP contribution in [0, 0.1) is 0 Å². The Balaban J connectivity index is 1.77. The second kappa shape index (κ2) is 9.94. The molecule has 0 atom stereocenters. The van der Waals surface area contributed by atoms with Gasteiger partial charge in [0, 0.05) is 11.6 Å². The Bertz CT molecular complexity index is 714. The van der Waals surface area contributed by atoms with Crippen LogP contribution >= 0.6 is 11.6 Å². The van der Waals surface area contributed by atoms with E-state index in [9.17, 15) is 13.6 Å². The monoisotopic (exact) mass is 384 g/mol. The molecule has 0 saturated carbocycles. The molecule has 0 bridgehead atoms. The summed E-state index contributed by atoms with van der Waals surface area (Å²) in [6.07, 6.45) is 0. The van der Waals surface area contributed by atoms with Gasteiger partial charge < -0.3 is 14.8 Å². The largest absolute Gasteiger partial charge is 0.492 e. The highest BCUT2D eigenvalue weighted by atomic mass is 35.5. The fourth-order valence-electron chi connectivity index (χ4n) is 2.13. The number of para-hydroxylation sites is 2. The van der Waals surface area contributed by atoms with Gasteiger partial charge in [0.25, 0.3) is 0 Å². The number of amides is 1.